The smallest absolute Gasteiger partial charge is 0.344 e. The van der Waals surface area contributed by atoms with Crippen LogP contribution in [0.4, 0.5) is 5.69 Å². The maximum Gasteiger partial charge on any atom is 0.344 e. The van der Waals surface area contributed by atoms with Gasteiger partial charge in [0, 0.05) is 11.1 Å². The average molecular weight is 368 g/mol. The molecule has 0 spiro atoms. The number of para-hydroxylation sites is 2. The highest BCUT2D eigenvalue weighted by atomic mass is 32.2. The molecule has 0 atom stereocenters. The minimum absolute atomic E-state index is 0.0349. The van der Waals surface area contributed by atoms with Gasteiger partial charge in [-0.05, 0) is 24.3 Å². The minimum atomic E-state index is -0.733. The lowest BCUT2D eigenvalue weighted by Gasteiger charge is -2.10. The highest BCUT2D eigenvalue weighted by Crippen LogP contribution is 2.22. The van der Waals surface area contributed by atoms with Gasteiger partial charge in [0.15, 0.2) is 0 Å². The number of methoxy groups -OCH3 is 1. The van der Waals surface area contributed by atoms with Crippen LogP contribution in [0, 0.1) is 0 Å². The van der Waals surface area contributed by atoms with Crippen molar-refractivity contribution in [2.24, 2.45) is 0 Å². The maximum absolute atomic E-state index is 12.7. The van der Waals surface area contributed by atoms with Crippen LogP contribution >= 0.6 is 11.8 Å². The second-order valence-corrected chi connectivity index (χ2v) is 6.38. The van der Waals surface area contributed by atoms with Crippen molar-refractivity contribution in [1.29, 1.82) is 0 Å². The number of hydrogen-bond acceptors (Lipinski definition) is 5. The Bertz CT molecular complexity index is 1010. The van der Waals surface area contributed by atoms with Gasteiger partial charge in [-0.2, -0.15) is 0 Å². The number of carbonyl (C=O) groups is 2. The number of amides is 1. The van der Waals surface area contributed by atoms with Gasteiger partial charge in [0.05, 0.1) is 23.4 Å². The third-order valence-corrected chi connectivity index (χ3v) is 4.67. The zero-order valence-electron chi connectivity index (χ0n) is 13.9. The largest absolute Gasteiger partial charge is 0.465 e. The Morgan fingerprint density at radius 3 is 2.50 bits per heavy atom. The molecule has 0 saturated carbocycles. The fourth-order valence-electron chi connectivity index (χ4n) is 2.46. The number of aromatic amines is 1. The van der Waals surface area contributed by atoms with Gasteiger partial charge in [0.2, 0.25) is 11.3 Å². The Balaban J connectivity index is 1.87. The van der Waals surface area contributed by atoms with E-state index >= 15 is 0 Å². The fourth-order valence-corrected chi connectivity index (χ4v) is 3.31. The SMILES string of the molecule is COC(=O)c1c(SCC(=O)Nc2ccccc2)[nH]c2ccccc2c1=O. The number of ether oxygens (including phenoxy) is 1. The quantitative estimate of drug-likeness (QED) is 0.534. The molecule has 26 heavy (non-hydrogen) atoms. The second-order valence-electron chi connectivity index (χ2n) is 5.40. The van der Waals surface area contributed by atoms with Crippen LogP contribution in [-0.2, 0) is 9.53 Å². The topological polar surface area (TPSA) is 88.3 Å². The van der Waals surface area contributed by atoms with Crippen LogP contribution in [0.5, 0.6) is 0 Å². The molecule has 0 fully saturated rings. The van der Waals surface area contributed by atoms with E-state index in [0.29, 0.717) is 21.6 Å². The molecule has 3 rings (SSSR count). The third-order valence-electron chi connectivity index (χ3n) is 3.67. The normalized spacial score (nSPS) is 10.5. The maximum atomic E-state index is 12.7. The van der Waals surface area contributed by atoms with E-state index < -0.39 is 11.4 Å². The molecular formula is C19H16N2O4S. The minimum Gasteiger partial charge on any atom is -0.465 e. The van der Waals surface area contributed by atoms with E-state index in [-0.39, 0.29) is 17.2 Å². The molecule has 2 N–H and O–H groups in total. The Labute approximate surface area is 153 Å². The number of anilines is 1. The molecule has 0 radical (unpaired) electrons. The molecule has 0 aliphatic carbocycles. The van der Waals surface area contributed by atoms with Gasteiger partial charge in [-0.3, -0.25) is 9.59 Å². The van der Waals surface area contributed by atoms with Crippen molar-refractivity contribution in [1.82, 2.24) is 4.98 Å². The lowest BCUT2D eigenvalue weighted by molar-refractivity contribution is -0.113. The van der Waals surface area contributed by atoms with E-state index in [1.807, 2.05) is 18.2 Å². The number of aromatic nitrogens is 1. The average Bonchev–Trinajstić information content (AvgIpc) is 2.67. The summed E-state index contributed by atoms with van der Waals surface area (Å²) in [6.07, 6.45) is 0. The fraction of sp³-hybridized carbons (Fsp3) is 0.105. The monoisotopic (exact) mass is 368 g/mol. The molecule has 1 amide bonds. The van der Waals surface area contributed by atoms with Gasteiger partial charge >= 0.3 is 5.97 Å². The van der Waals surface area contributed by atoms with E-state index in [4.69, 9.17) is 4.74 Å². The number of H-pyrrole nitrogens is 1. The Hall–Kier alpha value is -3.06. The molecule has 0 bridgehead atoms. The van der Waals surface area contributed by atoms with E-state index in [1.54, 1.807) is 36.4 Å². The van der Waals surface area contributed by atoms with Crippen molar-refractivity contribution in [3.8, 4) is 0 Å². The number of esters is 1. The summed E-state index contributed by atoms with van der Waals surface area (Å²) in [7, 11) is 1.22. The van der Waals surface area contributed by atoms with Gasteiger partial charge in [-0.25, -0.2) is 4.79 Å². The van der Waals surface area contributed by atoms with Gasteiger partial charge < -0.3 is 15.0 Å². The number of benzene rings is 2. The van der Waals surface area contributed by atoms with Gasteiger partial charge in [0.1, 0.15) is 5.56 Å². The molecule has 6 nitrogen and oxygen atoms in total. The van der Waals surface area contributed by atoms with Crippen molar-refractivity contribution in [3.63, 3.8) is 0 Å². The number of hydrogen-bond donors (Lipinski definition) is 2. The second kappa shape index (κ2) is 7.88. The number of carbonyl (C=O) groups excluding carboxylic acids is 2. The molecule has 7 heteroatoms. The number of thioether (sulfide) groups is 1. The van der Waals surface area contributed by atoms with Crippen molar-refractivity contribution >= 4 is 40.2 Å². The molecule has 2 aromatic carbocycles. The first kappa shape index (κ1) is 17.8. The van der Waals surface area contributed by atoms with Gasteiger partial charge in [-0.15, -0.1) is 0 Å². The van der Waals surface area contributed by atoms with E-state index in [1.165, 1.54) is 7.11 Å². The Kier molecular flexibility index (Phi) is 5.38. The molecule has 0 saturated heterocycles. The van der Waals surface area contributed by atoms with Crippen LogP contribution in [-0.4, -0.2) is 29.7 Å². The summed E-state index contributed by atoms with van der Waals surface area (Å²) >= 11 is 1.08. The highest BCUT2D eigenvalue weighted by molar-refractivity contribution is 8.00. The highest BCUT2D eigenvalue weighted by Gasteiger charge is 2.20. The van der Waals surface area contributed by atoms with Crippen LogP contribution in [0.2, 0.25) is 0 Å². The van der Waals surface area contributed by atoms with Gasteiger partial charge in [-0.1, -0.05) is 42.1 Å². The first-order valence-corrected chi connectivity index (χ1v) is 8.79. The standard InChI is InChI=1S/C19H16N2O4S/c1-25-19(24)16-17(23)13-9-5-6-10-14(13)21-18(16)26-11-15(22)20-12-7-3-2-4-8-12/h2-10H,11H2,1H3,(H,20,22)(H,21,23). The van der Waals surface area contributed by atoms with Crippen LogP contribution in [0.15, 0.2) is 64.4 Å². The van der Waals surface area contributed by atoms with Crippen molar-refractivity contribution in [2.45, 2.75) is 5.03 Å². The summed E-state index contributed by atoms with van der Waals surface area (Å²) < 4.78 is 4.74. The predicted molar refractivity (Wildman–Crippen MR) is 102 cm³/mol. The van der Waals surface area contributed by atoms with Gasteiger partial charge in [0.25, 0.3) is 0 Å². The summed E-state index contributed by atoms with van der Waals surface area (Å²) in [5.74, 6) is -0.943. The molecule has 1 aromatic heterocycles. The zero-order chi connectivity index (χ0) is 18.5. The molecular weight excluding hydrogens is 352 g/mol. The molecule has 132 valence electrons. The number of rotatable bonds is 5. The molecule has 0 aliphatic heterocycles. The summed E-state index contributed by atoms with van der Waals surface area (Å²) in [5.41, 5.74) is 0.760. The molecule has 0 aliphatic rings. The van der Waals surface area contributed by atoms with E-state index in [9.17, 15) is 14.4 Å². The number of fused-ring (bicyclic) bond motifs is 1. The Morgan fingerprint density at radius 2 is 1.77 bits per heavy atom. The van der Waals surface area contributed by atoms with Crippen molar-refractivity contribution in [2.75, 3.05) is 18.2 Å². The number of pyridine rings is 1. The van der Waals surface area contributed by atoms with E-state index in [0.717, 1.165) is 11.8 Å². The lowest BCUT2D eigenvalue weighted by Crippen LogP contribution is -2.20. The molecule has 3 aromatic rings. The summed E-state index contributed by atoms with van der Waals surface area (Å²) in [5, 5.41) is 3.46. The molecule has 1 heterocycles. The summed E-state index contributed by atoms with van der Waals surface area (Å²) in [6.45, 7) is 0. The van der Waals surface area contributed by atoms with Crippen LogP contribution in [0.25, 0.3) is 10.9 Å². The van der Waals surface area contributed by atoms with Crippen LogP contribution in [0.1, 0.15) is 10.4 Å². The lowest BCUT2D eigenvalue weighted by atomic mass is 10.1. The van der Waals surface area contributed by atoms with E-state index in [2.05, 4.69) is 10.3 Å². The molecule has 0 unspecified atom stereocenters. The Morgan fingerprint density at radius 1 is 1.08 bits per heavy atom. The summed E-state index contributed by atoms with van der Waals surface area (Å²) in [6, 6.07) is 15.9. The first-order chi connectivity index (χ1) is 12.6. The third kappa shape index (κ3) is 3.78. The predicted octanol–water partition coefficient (Wildman–Crippen LogP) is 3.05. The first-order valence-electron chi connectivity index (χ1n) is 7.81. The van der Waals surface area contributed by atoms with Crippen LogP contribution in [0.3, 0.4) is 0 Å². The zero-order valence-corrected chi connectivity index (χ0v) is 14.8. The summed E-state index contributed by atoms with van der Waals surface area (Å²) in [4.78, 5) is 39.9. The van der Waals surface area contributed by atoms with Crippen molar-refractivity contribution in [3.05, 3.63) is 70.4 Å². The number of nitrogens with one attached hydrogen (secondary N) is 2. The van der Waals surface area contributed by atoms with Crippen LogP contribution < -0.4 is 10.7 Å². The van der Waals surface area contributed by atoms with Crippen molar-refractivity contribution < 1.29 is 14.3 Å².